The van der Waals surface area contributed by atoms with Gasteiger partial charge < -0.3 is 4.42 Å². The van der Waals surface area contributed by atoms with Crippen molar-refractivity contribution >= 4 is 23.6 Å². The smallest absolute Gasteiger partial charge is 0.284 e. The molecule has 19 heavy (non-hydrogen) atoms. The predicted octanol–water partition coefficient (Wildman–Crippen LogP) is 3.09. The highest BCUT2D eigenvalue weighted by atomic mass is 32.1. The van der Waals surface area contributed by atoms with Crippen molar-refractivity contribution in [3.05, 3.63) is 15.2 Å². The van der Waals surface area contributed by atoms with Gasteiger partial charge in [0.25, 0.3) is 10.7 Å². The third-order valence-corrected chi connectivity index (χ3v) is 4.45. The average Bonchev–Trinajstić information content (AvgIpc) is 3.01. The Morgan fingerprint density at radius 1 is 1.53 bits per heavy atom. The Bertz CT molecular complexity index is 595. The first kappa shape index (κ1) is 13.0. The van der Waals surface area contributed by atoms with Crippen molar-refractivity contribution in [1.29, 1.82) is 0 Å². The Morgan fingerprint density at radius 2 is 2.32 bits per heavy atom. The van der Waals surface area contributed by atoms with E-state index in [2.05, 4.69) is 27.0 Å². The van der Waals surface area contributed by atoms with Gasteiger partial charge in [-0.05, 0) is 44.1 Å². The number of rotatable bonds is 3. The van der Waals surface area contributed by atoms with E-state index in [1.165, 1.54) is 25.9 Å². The van der Waals surface area contributed by atoms with Crippen LogP contribution in [-0.4, -0.2) is 33.2 Å². The van der Waals surface area contributed by atoms with Gasteiger partial charge in [0.1, 0.15) is 10.7 Å². The molecule has 0 aliphatic carbocycles. The zero-order valence-corrected chi connectivity index (χ0v) is 12.4. The second-order valence-electron chi connectivity index (χ2n) is 5.00. The molecule has 0 unspecified atom stereocenters. The van der Waals surface area contributed by atoms with Crippen molar-refractivity contribution in [2.45, 2.75) is 26.3 Å². The summed E-state index contributed by atoms with van der Waals surface area (Å²) in [6.07, 6.45) is 2.57. The second-order valence-corrected chi connectivity index (χ2v) is 6.32. The maximum Gasteiger partial charge on any atom is 0.284 e. The number of hydrogen-bond donors (Lipinski definition) is 1. The standard InChI is InChI=1S/C12H16N4OS2/c1-8-2-4-16(5-3-8)6-10-13-9(7-19-10)11-14-15-12(18)17-11/h7-8H,2-6H2,1H3,(H,15,18). The monoisotopic (exact) mass is 296 g/mol. The van der Waals surface area contributed by atoms with Gasteiger partial charge in [0.2, 0.25) is 0 Å². The molecule has 0 saturated carbocycles. The molecule has 1 saturated heterocycles. The molecular weight excluding hydrogens is 280 g/mol. The van der Waals surface area contributed by atoms with Crippen LogP contribution in [-0.2, 0) is 6.54 Å². The van der Waals surface area contributed by atoms with Gasteiger partial charge >= 0.3 is 0 Å². The van der Waals surface area contributed by atoms with Crippen LogP contribution < -0.4 is 0 Å². The molecule has 2 aromatic rings. The highest BCUT2D eigenvalue weighted by molar-refractivity contribution is 7.71. The number of hydrogen-bond acceptors (Lipinski definition) is 6. The summed E-state index contributed by atoms with van der Waals surface area (Å²) in [5.74, 6) is 1.33. The molecule has 0 aromatic carbocycles. The first-order chi connectivity index (χ1) is 9.20. The number of piperidine rings is 1. The number of nitrogens with zero attached hydrogens (tertiary/aromatic N) is 3. The molecule has 2 aromatic heterocycles. The lowest BCUT2D eigenvalue weighted by atomic mass is 9.99. The van der Waals surface area contributed by atoms with Gasteiger partial charge in [0.15, 0.2) is 0 Å². The molecule has 1 aliphatic heterocycles. The molecule has 0 bridgehead atoms. The van der Waals surface area contributed by atoms with E-state index in [-0.39, 0.29) is 4.84 Å². The highest BCUT2D eigenvalue weighted by Crippen LogP contribution is 2.23. The largest absolute Gasteiger partial charge is 0.408 e. The van der Waals surface area contributed by atoms with E-state index in [1.54, 1.807) is 11.3 Å². The van der Waals surface area contributed by atoms with E-state index in [9.17, 15) is 0 Å². The molecule has 1 N–H and O–H groups in total. The van der Waals surface area contributed by atoms with E-state index in [0.717, 1.165) is 23.2 Å². The quantitative estimate of drug-likeness (QED) is 0.882. The van der Waals surface area contributed by atoms with Gasteiger partial charge in [-0.2, -0.15) is 0 Å². The molecule has 5 nitrogen and oxygen atoms in total. The summed E-state index contributed by atoms with van der Waals surface area (Å²) in [5.41, 5.74) is 0.762. The molecule has 1 fully saturated rings. The van der Waals surface area contributed by atoms with Crippen molar-refractivity contribution in [1.82, 2.24) is 20.1 Å². The van der Waals surface area contributed by atoms with Crippen LogP contribution in [0.2, 0.25) is 0 Å². The maximum absolute atomic E-state index is 5.27. The number of likely N-dealkylation sites (tertiary alicyclic amines) is 1. The molecule has 0 spiro atoms. The fourth-order valence-corrected chi connectivity index (χ4v) is 3.17. The third kappa shape index (κ3) is 3.10. The van der Waals surface area contributed by atoms with Crippen LogP contribution in [0.4, 0.5) is 0 Å². The molecule has 0 atom stereocenters. The molecule has 3 rings (SSSR count). The summed E-state index contributed by atoms with van der Waals surface area (Å²) in [6.45, 7) is 5.57. The summed E-state index contributed by atoms with van der Waals surface area (Å²) in [5, 5.41) is 9.68. The van der Waals surface area contributed by atoms with Crippen molar-refractivity contribution in [3.8, 4) is 11.6 Å². The zero-order chi connectivity index (χ0) is 13.2. The summed E-state index contributed by atoms with van der Waals surface area (Å²) in [4.78, 5) is 7.31. The fraction of sp³-hybridized carbons (Fsp3) is 0.583. The second kappa shape index (κ2) is 5.52. The molecule has 0 amide bonds. The number of aromatic nitrogens is 3. The van der Waals surface area contributed by atoms with Gasteiger partial charge in [0, 0.05) is 5.38 Å². The predicted molar refractivity (Wildman–Crippen MR) is 76.5 cm³/mol. The maximum atomic E-state index is 5.27. The lowest BCUT2D eigenvalue weighted by Crippen LogP contribution is -2.32. The van der Waals surface area contributed by atoms with E-state index in [1.807, 2.05) is 5.38 Å². The van der Waals surface area contributed by atoms with Gasteiger partial charge in [-0.15, -0.1) is 16.4 Å². The van der Waals surface area contributed by atoms with E-state index < -0.39 is 0 Å². The number of nitrogens with one attached hydrogen (secondary N) is 1. The third-order valence-electron chi connectivity index (χ3n) is 3.44. The summed E-state index contributed by atoms with van der Waals surface area (Å²) >= 11 is 6.51. The van der Waals surface area contributed by atoms with E-state index in [4.69, 9.17) is 16.6 Å². The summed E-state index contributed by atoms with van der Waals surface area (Å²) in [7, 11) is 0. The zero-order valence-electron chi connectivity index (χ0n) is 10.8. The number of thiazole rings is 1. The van der Waals surface area contributed by atoms with Crippen LogP contribution in [0, 0.1) is 10.8 Å². The minimum Gasteiger partial charge on any atom is -0.408 e. The Morgan fingerprint density at radius 3 is 3.00 bits per heavy atom. The number of aromatic amines is 1. The summed E-state index contributed by atoms with van der Waals surface area (Å²) in [6, 6.07) is 0. The Balaban J connectivity index is 1.66. The molecule has 102 valence electrons. The lowest BCUT2D eigenvalue weighted by molar-refractivity contribution is 0.185. The van der Waals surface area contributed by atoms with Crippen LogP contribution in [0.25, 0.3) is 11.6 Å². The fourth-order valence-electron chi connectivity index (χ4n) is 2.23. The average molecular weight is 296 g/mol. The van der Waals surface area contributed by atoms with Crippen LogP contribution in [0.1, 0.15) is 24.8 Å². The SMILES string of the molecule is CC1CCN(Cc2nc(-c3n[nH]c(=S)o3)cs2)CC1. The van der Waals surface area contributed by atoms with Crippen molar-refractivity contribution < 1.29 is 4.42 Å². The first-order valence-electron chi connectivity index (χ1n) is 6.43. The van der Waals surface area contributed by atoms with E-state index >= 15 is 0 Å². The van der Waals surface area contributed by atoms with Gasteiger partial charge in [0.05, 0.1) is 6.54 Å². The summed E-state index contributed by atoms with van der Waals surface area (Å²) < 4.78 is 5.27. The van der Waals surface area contributed by atoms with Crippen molar-refractivity contribution in [2.24, 2.45) is 5.92 Å². The van der Waals surface area contributed by atoms with Gasteiger partial charge in [-0.3, -0.25) is 4.90 Å². The Labute approximate surface area is 120 Å². The molecule has 1 aliphatic rings. The molecule has 7 heteroatoms. The Kier molecular flexibility index (Phi) is 3.76. The molecular formula is C12H16N4OS2. The van der Waals surface area contributed by atoms with Crippen LogP contribution in [0.15, 0.2) is 9.80 Å². The lowest BCUT2D eigenvalue weighted by Gasteiger charge is -2.29. The topological polar surface area (TPSA) is 58.0 Å². The first-order valence-corrected chi connectivity index (χ1v) is 7.72. The van der Waals surface area contributed by atoms with Gasteiger partial charge in [-0.1, -0.05) is 6.92 Å². The highest BCUT2D eigenvalue weighted by Gasteiger charge is 2.17. The molecule has 0 radical (unpaired) electrons. The van der Waals surface area contributed by atoms with Crippen LogP contribution in [0.3, 0.4) is 0 Å². The Hall–Kier alpha value is -1.05. The number of H-pyrrole nitrogens is 1. The van der Waals surface area contributed by atoms with Crippen molar-refractivity contribution in [2.75, 3.05) is 13.1 Å². The van der Waals surface area contributed by atoms with Gasteiger partial charge in [-0.25, -0.2) is 10.1 Å². The van der Waals surface area contributed by atoms with E-state index in [0.29, 0.717) is 5.89 Å². The van der Waals surface area contributed by atoms with Crippen LogP contribution in [0.5, 0.6) is 0 Å². The molecule has 3 heterocycles. The van der Waals surface area contributed by atoms with Crippen molar-refractivity contribution in [3.63, 3.8) is 0 Å². The normalized spacial score (nSPS) is 17.9. The van der Waals surface area contributed by atoms with Crippen LogP contribution >= 0.6 is 23.6 Å². The minimum absolute atomic E-state index is 0.287. The minimum atomic E-state index is 0.287.